The van der Waals surface area contributed by atoms with Crippen LogP contribution >= 0.6 is 0 Å². The van der Waals surface area contributed by atoms with Crippen molar-refractivity contribution in [2.75, 3.05) is 45.9 Å². The van der Waals surface area contributed by atoms with Gasteiger partial charge in [-0.2, -0.15) is 0 Å². The molecule has 2 aliphatic heterocycles. The summed E-state index contributed by atoms with van der Waals surface area (Å²) in [6, 6.07) is 0. The number of rotatable bonds is 7. The first-order chi connectivity index (χ1) is 10.5. The van der Waals surface area contributed by atoms with Crippen molar-refractivity contribution < 1.29 is 4.74 Å². The average Bonchev–Trinajstić information content (AvgIpc) is 2.47. The van der Waals surface area contributed by atoms with Crippen LogP contribution in [0.4, 0.5) is 0 Å². The Morgan fingerprint density at radius 3 is 1.68 bits per heavy atom. The standard InChI is InChI=1S/C19H38N2O/c1-16(2)13-20-9-5-18(6-10-20)15-22-19-7-11-21(12-8-19)14-17(3)4/h16-19H,5-15H2,1-4H3. The molecule has 0 amide bonds. The fourth-order valence-electron chi connectivity index (χ4n) is 3.90. The Hall–Kier alpha value is -0.120. The van der Waals surface area contributed by atoms with Crippen LogP contribution in [0.1, 0.15) is 53.4 Å². The molecule has 0 aromatic heterocycles. The molecule has 22 heavy (non-hydrogen) atoms. The van der Waals surface area contributed by atoms with Gasteiger partial charge in [-0.25, -0.2) is 0 Å². The van der Waals surface area contributed by atoms with Crippen LogP contribution in [0.5, 0.6) is 0 Å². The van der Waals surface area contributed by atoms with Crippen molar-refractivity contribution in [3.8, 4) is 0 Å². The van der Waals surface area contributed by atoms with Crippen molar-refractivity contribution in [1.82, 2.24) is 9.80 Å². The van der Waals surface area contributed by atoms with E-state index < -0.39 is 0 Å². The van der Waals surface area contributed by atoms with E-state index in [1.807, 2.05) is 0 Å². The molecule has 0 N–H and O–H groups in total. The molecular weight excluding hydrogens is 272 g/mol. The van der Waals surface area contributed by atoms with Gasteiger partial charge in [0.25, 0.3) is 0 Å². The Bertz CT molecular complexity index is 260. The van der Waals surface area contributed by atoms with Gasteiger partial charge < -0.3 is 14.5 Å². The fourth-order valence-corrected chi connectivity index (χ4v) is 3.90. The summed E-state index contributed by atoms with van der Waals surface area (Å²) in [6.45, 7) is 17.8. The van der Waals surface area contributed by atoms with Gasteiger partial charge >= 0.3 is 0 Å². The van der Waals surface area contributed by atoms with Crippen molar-refractivity contribution in [3.63, 3.8) is 0 Å². The smallest absolute Gasteiger partial charge is 0.0599 e. The number of hydrogen-bond acceptors (Lipinski definition) is 3. The number of nitrogens with zero attached hydrogens (tertiary/aromatic N) is 2. The minimum absolute atomic E-state index is 0.525. The molecule has 0 atom stereocenters. The van der Waals surface area contributed by atoms with E-state index in [4.69, 9.17) is 4.74 Å². The SMILES string of the molecule is CC(C)CN1CCC(COC2CCN(CC(C)C)CC2)CC1. The van der Waals surface area contributed by atoms with Gasteiger partial charge in [0.15, 0.2) is 0 Å². The predicted molar refractivity (Wildman–Crippen MR) is 94.3 cm³/mol. The maximum absolute atomic E-state index is 6.25. The summed E-state index contributed by atoms with van der Waals surface area (Å²) in [5.74, 6) is 2.38. The fraction of sp³-hybridized carbons (Fsp3) is 1.00. The van der Waals surface area contributed by atoms with E-state index in [1.165, 1.54) is 65.0 Å². The quantitative estimate of drug-likeness (QED) is 0.716. The second-order valence-corrected chi connectivity index (χ2v) is 8.36. The second-order valence-electron chi connectivity index (χ2n) is 8.36. The zero-order valence-corrected chi connectivity index (χ0v) is 15.4. The van der Waals surface area contributed by atoms with E-state index in [1.54, 1.807) is 0 Å². The third-order valence-electron chi connectivity index (χ3n) is 5.06. The van der Waals surface area contributed by atoms with Crippen molar-refractivity contribution in [1.29, 1.82) is 0 Å². The van der Waals surface area contributed by atoms with Crippen LogP contribution in [-0.2, 0) is 4.74 Å². The third-order valence-corrected chi connectivity index (χ3v) is 5.06. The number of hydrogen-bond donors (Lipinski definition) is 0. The summed E-state index contributed by atoms with van der Waals surface area (Å²) in [6.07, 6.45) is 5.66. The molecule has 0 bridgehead atoms. The first-order valence-corrected chi connectivity index (χ1v) is 9.59. The number of ether oxygens (including phenoxy) is 1. The molecule has 3 nitrogen and oxygen atoms in total. The molecule has 2 heterocycles. The van der Waals surface area contributed by atoms with E-state index in [2.05, 4.69) is 37.5 Å². The van der Waals surface area contributed by atoms with Gasteiger partial charge in [0, 0.05) is 32.8 Å². The lowest BCUT2D eigenvalue weighted by Gasteiger charge is -2.35. The molecule has 0 unspecified atom stereocenters. The van der Waals surface area contributed by atoms with Crippen molar-refractivity contribution in [3.05, 3.63) is 0 Å². The van der Waals surface area contributed by atoms with Crippen LogP contribution in [0.15, 0.2) is 0 Å². The van der Waals surface area contributed by atoms with E-state index in [0.717, 1.165) is 24.4 Å². The number of piperidine rings is 2. The summed E-state index contributed by atoms with van der Waals surface area (Å²) >= 11 is 0. The second kappa shape index (κ2) is 9.24. The van der Waals surface area contributed by atoms with Crippen LogP contribution in [0, 0.1) is 17.8 Å². The lowest BCUT2D eigenvalue weighted by Crippen LogP contribution is -2.40. The third kappa shape index (κ3) is 6.55. The Morgan fingerprint density at radius 2 is 1.23 bits per heavy atom. The highest BCUT2D eigenvalue weighted by molar-refractivity contribution is 4.76. The number of likely N-dealkylation sites (tertiary alicyclic amines) is 2. The Labute approximate surface area is 138 Å². The van der Waals surface area contributed by atoms with Crippen LogP contribution in [0.2, 0.25) is 0 Å². The Kier molecular flexibility index (Phi) is 7.66. The minimum atomic E-state index is 0.525. The van der Waals surface area contributed by atoms with E-state index in [9.17, 15) is 0 Å². The summed E-state index contributed by atoms with van der Waals surface area (Å²) in [5.41, 5.74) is 0. The summed E-state index contributed by atoms with van der Waals surface area (Å²) in [4.78, 5) is 5.24. The molecule has 0 saturated carbocycles. The highest BCUT2D eigenvalue weighted by atomic mass is 16.5. The predicted octanol–water partition coefficient (Wildman–Crippen LogP) is 3.49. The van der Waals surface area contributed by atoms with Crippen LogP contribution in [-0.4, -0.2) is 61.8 Å². The van der Waals surface area contributed by atoms with Crippen molar-refractivity contribution >= 4 is 0 Å². The largest absolute Gasteiger partial charge is 0.378 e. The lowest BCUT2D eigenvalue weighted by atomic mass is 9.97. The first kappa shape index (κ1) is 18.2. The van der Waals surface area contributed by atoms with Crippen molar-refractivity contribution in [2.45, 2.75) is 59.5 Å². The molecule has 2 rings (SSSR count). The highest BCUT2D eigenvalue weighted by Gasteiger charge is 2.23. The zero-order chi connectivity index (χ0) is 15.9. The van der Waals surface area contributed by atoms with Gasteiger partial charge in [0.2, 0.25) is 0 Å². The molecular formula is C19H38N2O. The Morgan fingerprint density at radius 1 is 0.773 bits per heavy atom. The van der Waals surface area contributed by atoms with Crippen LogP contribution in [0.25, 0.3) is 0 Å². The van der Waals surface area contributed by atoms with Gasteiger partial charge in [-0.3, -0.25) is 0 Å². The van der Waals surface area contributed by atoms with Gasteiger partial charge in [0.05, 0.1) is 6.10 Å². The molecule has 0 aliphatic carbocycles. The summed E-state index contributed by atoms with van der Waals surface area (Å²) in [7, 11) is 0. The normalized spacial score (nSPS) is 23.7. The van der Waals surface area contributed by atoms with E-state index in [-0.39, 0.29) is 0 Å². The average molecular weight is 311 g/mol. The zero-order valence-electron chi connectivity index (χ0n) is 15.4. The van der Waals surface area contributed by atoms with Gasteiger partial charge in [-0.05, 0) is 56.5 Å². The molecule has 2 saturated heterocycles. The highest BCUT2D eigenvalue weighted by Crippen LogP contribution is 2.21. The van der Waals surface area contributed by atoms with Crippen LogP contribution < -0.4 is 0 Å². The molecule has 0 radical (unpaired) electrons. The molecule has 3 heteroatoms. The van der Waals surface area contributed by atoms with Gasteiger partial charge in [-0.15, -0.1) is 0 Å². The van der Waals surface area contributed by atoms with Gasteiger partial charge in [0.1, 0.15) is 0 Å². The lowest BCUT2D eigenvalue weighted by molar-refractivity contribution is -0.0209. The van der Waals surface area contributed by atoms with E-state index in [0.29, 0.717) is 6.10 Å². The minimum Gasteiger partial charge on any atom is -0.378 e. The summed E-state index contributed by atoms with van der Waals surface area (Å²) < 4.78 is 6.25. The topological polar surface area (TPSA) is 15.7 Å². The molecule has 2 aliphatic rings. The molecule has 130 valence electrons. The molecule has 2 fully saturated rings. The first-order valence-electron chi connectivity index (χ1n) is 9.59. The monoisotopic (exact) mass is 310 g/mol. The maximum Gasteiger partial charge on any atom is 0.0599 e. The Balaban J connectivity index is 1.56. The van der Waals surface area contributed by atoms with Gasteiger partial charge in [-0.1, -0.05) is 27.7 Å². The molecule has 0 aromatic carbocycles. The molecule has 0 aromatic rings. The molecule has 0 spiro atoms. The van der Waals surface area contributed by atoms with E-state index >= 15 is 0 Å². The van der Waals surface area contributed by atoms with Crippen molar-refractivity contribution in [2.24, 2.45) is 17.8 Å². The van der Waals surface area contributed by atoms with Crippen LogP contribution in [0.3, 0.4) is 0 Å². The summed E-state index contributed by atoms with van der Waals surface area (Å²) in [5, 5.41) is 0. The maximum atomic E-state index is 6.25.